The SMILES string of the molecule is CC1=NC(=O)N(C)C(=O)C1Cc1nnc(SCC(=O)N2CCCCC2)o1. The van der Waals surface area contributed by atoms with Crippen LogP contribution in [0, 0.1) is 5.92 Å². The highest BCUT2D eigenvalue weighted by atomic mass is 32.2. The van der Waals surface area contributed by atoms with E-state index in [-0.39, 0.29) is 29.9 Å². The molecule has 0 aliphatic carbocycles. The number of carbonyl (C=O) groups is 3. The van der Waals surface area contributed by atoms with Crippen LogP contribution < -0.4 is 0 Å². The van der Waals surface area contributed by atoms with Crippen LogP contribution in [-0.4, -0.2) is 69.4 Å². The number of urea groups is 1. The summed E-state index contributed by atoms with van der Waals surface area (Å²) < 4.78 is 5.54. The summed E-state index contributed by atoms with van der Waals surface area (Å²) in [6.07, 6.45) is 3.45. The molecule has 1 unspecified atom stereocenters. The van der Waals surface area contributed by atoms with Crippen LogP contribution in [0.2, 0.25) is 0 Å². The van der Waals surface area contributed by atoms with E-state index in [9.17, 15) is 14.4 Å². The van der Waals surface area contributed by atoms with Gasteiger partial charge in [0.25, 0.3) is 5.22 Å². The zero-order valence-electron chi connectivity index (χ0n) is 14.8. The van der Waals surface area contributed by atoms with Crippen molar-refractivity contribution < 1.29 is 18.8 Å². The van der Waals surface area contributed by atoms with E-state index in [2.05, 4.69) is 15.2 Å². The monoisotopic (exact) mass is 379 g/mol. The Hall–Kier alpha value is -2.23. The van der Waals surface area contributed by atoms with Crippen molar-refractivity contribution in [3.05, 3.63) is 5.89 Å². The van der Waals surface area contributed by atoms with Crippen LogP contribution in [0.4, 0.5) is 4.79 Å². The number of amides is 4. The van der Waals surface area contributed by atoms with E-state index in [1.54, 1.807) is 6.92 Å². The number of nitrogens with zero attached hydrogens (tertiary/aromatic N) is 5. The standard InChI is InChI=1S/C16H21N5O4S/c1-10-11(14(23)20(2)15(24)17-10)8-12-18-19-16(25-12)26-9-13(22)21-6-4-3-5-7-21/h11H,3-9H2,1-2H3. The van der Waals surface area contributed by atoms with Gasteiger partial charge in [-0.15, -0.1) is 10.2 Å². The first-order valence-electron chi connectivity index (χ1n) is 8.55. The highest BCUT2D eigenvalue weighted by Gasteiger charge is 2.34. The van der Waals surface area contributed by atoms with Gasteiger partial charge in [0.2, 0.25) is 17.7 Å². The fraction of sp³-hybridized carbons (Fsp3) is 0.625. The zero-order chi connectivity index (χ0) is 18.7. The van der Waals surface area contributed by atoms with E-state index in [0.717, 1.165) is 30.8 Å². The maximum absolute atomic E-state index is 12.2. The molecule has 0 spiro atoms. The fourth-order valence-corrected chi connectivity index (χ4v) is 3.64. The van der Waals surface area contributed by atoms with Gasteiger partial charge in [-0.2, -0.15) is 0 Å². The van der Waals surface area contributed by atoms with E-state index < -0.39 is 11.9 Å². The van der Waals surface area contributed by atoms with Gasteiger partial charge in [-0.25, -0.2) is 9.79 Å². The summed E-state index contributed by atoms with van der Waals surface area (Å²) in [5, 5.41) is 8.17. The number of likely N-dealkylation sites (tertiary alicyclic amines) is 1. The molecule has 1 aromatic heterocycles. The van der Waals surface area contributed by atoms with E-state index >= 15 is 0 Å². The Labute approximate surface area is 155 Å². The molecule has 1 fully saturated rings. The van der Waals surface area contributed by atoms with Gasteiger partial charge >= 0.3 is 6.03 Å². The number of piperidine rings is 1. The van der Waals surface area contributed by atoms with E-state index in [4.69, 9.17) is 4.42 Å². The molecule has 3 rings (SSSR count). The topological polar surface area (TPSA) is 109 Å². The second-order valence-electron chi connectivity index (χ2n) is 6.38. The van der Waals surface area contributed by atoms with Gasteiger partial charge in [0.05, 0.1) is 11.7 Å². The lowest BCUT2D eigenvalue weighted by atomic mass is 9.97. The van der Waals surface area contributed by atoms with Crippen molar-refractivity contribution in [3.8, 4) is 0 Å². The Kier molecular flexibility index (Phi) is 5.70. The molecule has 2 aliphatic heterocycles. The third-order valence-corrected chi connectivity index (χ3v) is 5.35. The third-order valence-electron chi connectivity index (χ3n) is 4.55. The molecule has 26 heavy (non-hydrogen) atoms. The first-order chi connectivity index (χ1) is 12.5. The van der Waals surface area contributed by atoms with Crippen LogP contribution in [-0.2, 0) is 16.0 Å². The number of aliphatic imine (C=N–C) groups is 1. The molecule has 4 amide bonds. The van der Waals surface area contributed by atoms with Gasteiger partial charge in [0.1, 0.15) is 0 Å². The molecular weight excluding hydrogens is 358 g/mol. The molecule has 1 atom stereocenters. The van der Waals surface area contributed by atoms with Crippen molar-refractivity contribution >= 4 is 35.3 Å². The maximum Gasteiger partial charge on any atom is 0.349 e. The molecule has 0 aromatic carbocycles. The number of carbonyl (C=O) groups excluding carboxylic acids is 3. The van der Waals surface area contributed by atoms with Crippen LogP contribution in [0.3, 0.4) is 0 Å². The summed E-state index contributed by atoms with van der Waals surface area (Å²) in [5.74, 6) is -0.323. The first-order valence-corrected chi connectivity index (χ1v) is 9.54. The minimum atomic E-state index is -0.592. The minimum absolute atomic E-state index is 0.0695. The average Bonchev–Trinajstić information content (AvgIpc) is 3.10. The summed E-state index contributed by atoms with van der Waals surface area (Å²) in [6, 6.07) is -0.568. The third kappa shape index (κ3) is 4.12. The molecule has 3 heterocycles. The highest BCUT2D eigenvalue weighted by Crippen LogP contribution is 2.22. The quantitative estimate of drug-likeness (QED) is 0.711. The fourth-order valence-electron chi connectivity index (χ4n) is 2.96. The second-order valence-corrected chi connectivity index (χ2v) is 7.31. The Morgan fingerprint density at radius 2 is 1.96 bits per heavy atom. The maximum atomic E-state index is 12.2. The van der Waals surface area contributed by atoms with Crippen molar-refractivity contribution in [2.45, 2.75) is 37.8 Å². The molecule has 1 aromatic rings. The summed E-state index contributed by atoms with van der Waals surface area (Å²) in [7, 11) is 1.40. The number of rotatable bonds is 5. The number of aromatic nitrogens is 2. The van der Waals surface area contributed by atoms with Gasteiger partial charge in [-0.05, 0) is 26.2 Å². The van der Waals surface area contributed by atoms with Gasteiger partial charge in [-0.1, -0.05) is 11.8 Å². The smallest absolute Gasteiger partial charge is 0.349 e. The van der Waals surface area contributed by atoms with Crippen LogP contribution >= 0.6 is 11.8 Å². The molecule has 1 saturated heterocycles. The molecule has 0 radical (unpaired) electrons. The summed E-state index contributed by atoms with van der Waals surface area (Å²) in [6.45, 7) is 3.25. The predicted octanol–water partition coefficient (Wildman–Crippen LogP) is 1.39. The Morgan fingerprint density at radius 1 is 1.23 bits per heavy atom. The van der Waals surface area contributed by atoms with E-state index in [1.807, 2.05) is 4.90 Å². The van der Waals surface area contributed by atoms with Crippen molar-refractivity contribution in [2.75, 3.05) is 25.9 Å². The van der Waals surface area contributed by atoms with Crippen molar-refractivity contribution in [1.29, 1.82) is 0 Å². The van der Waals surface area contributed by atoms with Crippen LogP contribution in [0.5, 0.6) is 0 Å². The lowest BCUT2D eigenvalue weighted by molar-refractivity contribution is -0.130. The van der Waals surface area contributed by atoms with Gasteiger partial charge in [0, 0.05) is 32.3 Å². The van der Waals surface area contributed by atoms with Gasteiger partial charge < -0.3 is 9.32 Å². The van der Waals surface area contributed by atoms with Crippen molar-refractivity contribution in [3.63, 3.8) is 0 Å². The molecule has 2 aliphatic rings. The number of imide groups is 1. The number of hydrogen-bond acceptors (Lipinski definition) is 7. The summed E-state index contributed by atoms with van der Waals surface area (Å²) >= 11 is 1.20. The Bertz CT molecular complexity index is 741. The first kappa shape index (κ1) is 18.6. The Morgan fingerprint density at radius 3 is 2.69 bits per heavy atom. The Balaban J connectivity index is 1.56. The molecule has 0 N–H and O–H groups in total. The van der Waals surface area contributed by atoms with Crippen LogP contribution in [0.1, 0.15) is 32.1 Å². The lowest BCUT2D eigenvalue weighted by Crippen LogP contribution is -2.44. The molecule has 10 heteroatoms. The number of thioether (sulfide) groups is 1. The van der Waals surface area contributed by atoms with Gasteiger partial charge in [-0.3, -0.25) is 14.5 Å². The largest absolute Gasteiger partial charge is 0.416 e. The highest BCUT2D eigenvalue weighted by molar-refractivity contribution is 7.99. The summed E-state index contributed by atoms with van der Waals surface area (Å²) in [4.78, 5) is 42.6. The van der Waals surface area contributed by atoms with Gasteiger partial charge in [0.15, 0.2) is 0 Å². The molecule has 0 saturated carbocycles. The van der Waals surface area contributed by atoms with Crippen molar-refractivity contribution in [2.24, 2.45) is 10.9 Å². The second kappa shape index (κ2) is 7.98. The molecule has 9 nitrogen and oxygen atoms in total. The molecule has 140 valence electrons. The van der Waals surface area contributed by atoms with Crippen LogP contribution in [0.25, 0.3) is 0 Å². The minimum Gasteiger partial charge on any atom is -0.416 e. The lowest BCUT2D eigenvalue weighted by Gasteiger charge is -2.26. The predicted molar refractivity (Wildman–Crippen MR) is 93.9 cm³/mol. The van der Waals surface area contributed by atoms with Crippen molar-refractivity contribution in [1.82, 2.24) is 20.0 Å². The van der Waals surface area contributed by atoms with E-state index in [0.29, 0.717) is 10.9 Å². The summed E-state index contributed by atoms with van der Waals surface area (Å²) in [5.41, 5.74) is 0.436. The van der Waals surface area contributed by atoms with E-state index in [1.165, 1.54) is 25.2 Å². The molecule has 0 bridgehead atoms. The zero-order valence-corrected chi connectivity index (χ0v) is 15.6. The normalized spacial score (nSPS) is 21.2. The molecular formula is C16H21N5O4S. The van der Waals surface area contributed by atoms with Crippen LogP contribution in [0.15, 0.2) is 14.6 Å². The average molecular weight is 379 g/mol. The number of hydrogen-bond donors (Lipinski definition) is 0.